The molecule has 0 atom stereocenters. The SMILES string of the molecule is c1cc(-c2ccc3c(c2)C2(CCCCC2)c2ccccc2-3)cc(-n2c3ccccc3c3ccc(-n4c5ccccc5c5ccccc54)cc32)c1. The average molecular weight is 641 g/mol. The van der Waals surface area contributed by atoms with E-state index < -0.39 is 0 Å². The number of para-hydroxylation sites is 3. The summed E-state index contributed by atoms with van der Waals surface area (Å²) in [6.07, 6.45) is 6.44. The number of fused-ring (bicyclic) bond motifs is 11. The minimum Gasteiger partial charge on any atom is -0.309 e. The van der Waals surface area contributed by atoms with E-state index in [0.29, 0.717) is 0 Å². The maximum Gasteiger partial charge on any atom is 0.0561 e. The van der Waals surface area contributed by atoms with E-state index in [1.54, 1.807) is 5.56 Å². The van der Waals surface area contributed by atoms with E-state index in [0.717, 1.165) is 0 Å². The number of hydrogen-bond donors (Lipinski definition) is 0. The van der Waals surface area contributed by atoms with Gasteiger partial charge in [-0.1, -0.05) is 128 Å². The Morgan fingerprint density at radius 1 is 0.360 bits per heavy atom. The minimum atomic E-state index is 0.147. The van der Waals surface area contributed by atoms with E-state index in [9.17, 15) is 0 Å². The van der Waals surface area contributed by atoms with Crippen molar-refractivity contribution in [1.29, 1.82) is 0 Å². The Hall–Kier alpha value is -5.86. The molecular weight excluding hydrogens is 605 g/mol. The molecule has 2 aliphatic carbocycles. The molecular formula is C48H36N2. The summed E-state index contributed by atoms with van der Waals surface area (Å²) in [6, 6.07) is 59.1. The van der Waals surface area contributed by atoms with Crippen LogP contribution in [-0.4, -0.2) is 9.13 Å². The zero-order valence-corrected chi connectivity index (χ0v) is 27.9. The van der Waals surface area contributed by atoms with Gasteiger partial charge in [-0.05, 0) is 94.8 Å². The first-order valence-corrected chi connectivity index (χ1v) is 18.2. The van der Waals surface area contributed by atoms with E-state index >= 15 is 0 Å². The first-order valence-electron chi connectivity index (χ1n) is 18.2. The molecule has 7 aromatic carbocycles. The molecule has 1 saturated carbocycles. The predicted molar refractivity (Wildman–Crippen MR) is 210 cm³/mol. The van der Waals surface area contributed by atoms with Gasteiger partial charge in [-0.3, -0.25) is 0 Å². The van der Waals surface area contributed by atoms with E-state index in [-0.39, 0.29) is 5.41 Å². The summed E-state index contributed by atoms with van der Waals surface area (Å²) >= 11 is 0. The first kappa shape index (κ1) is 28.0. The van der Waals surface area contributed by atoms with E-state index in [2.05, 4.69) is 167 Å². The van der Waals surface area contributed by atoms with Crippen LogP contribution in [-0.2, 0) is 5.41 Å². The molecule has 9 aromatic rings. The van der Waals surface area contributed by atoms with Crippen molar-refractivity contribution in [2.75, 3.05) is 0 Å². The highest BCUT2D eigenvalue weighted by Gasteiger charge is 2.43. The van der Waals surface area contributed by atoms with Gasteiger partial charge in [0.15, 0.2) is 0 Å². The maximum absolute atomic E-state index is 2.53. The molecule has 1 spiro atoms. The van der Waals surface area contributed by atoms with Crippen LogP contribution >= 0.6 is 0 Å². The molecule has 0 bridgehead atoms. The van der Waals surface area contributed by atoms with Crippen LogP contribution in [0.5, 0.6) is 0 Å². The summed E-state index contributed by atoms with van der Waals surface area (Å²) in [7, 11) is 0. The Balaban J connectivity index is 1.10. The topological polar surface area (TPSA) is 9.86 Å². The molecule has 2 heterocycles. The highest BCUT2D eigenvalue weighted by molar-refractivity contribution is 6.12. The van der Waals surface area contributed by atoms with Gasteiger partial charge in [0.1, 0.15) is 0 Å². The third kappa shape index (κ3) is 3.85. The van der Waals surface area contributed by atoms with Crippen molar-refractivity contribution in [3.8, 4) is 33.6 Å². The summed E-state index contributed by atoms with van der Waals surface area (Å²) in [6.45, 7) is 0. The number of rotatable bonds is 3. The lowest BCUT2D eigenvalue weighted by molar-refractivity contribution is 0.353. The van der Waals surface area contributed by atoms with Gasteiger partial charge in [0, 0.05) is 38.3 Å². The van der Waals surface area contributed by atoms with Crippen molar-refractivity contribution >= 4 is 43.6 Å². The summed E-state index contributed by atoms with van der Waals surface area (Å²) in [4.78, 5) is 0. The second-order valence-corrected chi connectivity index (χ2v) is 14.4. The fourth-order valence-corrected chi connectivity index (χ4v) is 9.73. The van der Waals surface area contributed by atoms with Gasteiger partial charge >= 0.3 is 0 Å². The zero-order chi connectivity index (χ0) is 32.8. The van der Waals surface area contributed by atoms with Crippen molar-refractivity contribution in [3.05, 3.63) is 169 Å². The van der Waals surface area contributed by atoms with Crippen molar-refractivity contribution in [3.63, 3.8) is 0 Å². The molecule has 0 saturated heterocycles. The van der Waals surface area contributed by atoms with Gasteiger partial charge in [0.05, 0.1) is 22.1 Å². The third-order valence-corrected chi connectivity index (χ3v) is 11.9. The van der Waals surface area contributed by atoms with Gasteiger partial charge < -0.3 is 9.13 Å². The van der Waals surface area contributed by atoms with E-state index in [4.69, 9.17) is 0 Å². The van der Waals surface area contributed by atoms with Gasteiger partial charge in [-0.2, -0.15) is 0 Å². The molecule has 0 amide bonds. The summed E-state index contributed by atoms with van der Waals surface area (Å²) < 4.78 is 4.89. The largest absolute Gasteiger partial charge is 0.309 e. The molecule has 2 aliphatic rings. The highest BCUT2D eigenvalue weighted by Crippen LogP contribution is 2.56. The molecule has 11 rings (SSSR count). The van der Waals surface area contributed by atoms with Crippen LogP contribution < -0.4 is 0 Å². The number of benzene rings is 7. The van der Waals surface area contributed by atoms with Crippen molar-refractivity contribution in [2.45, 2.75) is 37.5 Å². The monoisotopic (exact) mass is 640 g/mol. The summed E-state index contributed by atoms with van der Waals surface area (Å²) in [5.74, 6) is 0. The molecule has 2 heteroatoms. The fourth-order valence-electron chi connectivity index (χ4n) is 9.73. The molecule has 50 heavy (non-hydrogen) atoms. The molecule has 238 valence electrons. The smallest absolute Gasteiger partial charge is 0.0561 e. The molecule has 0 radical (unpaired) electrons. The maximum atomic E-state index is 2.53. The highest BCUT2D eigenvalue weighted by atomic mass is 15.0. The van der Waals surface area contributed by atoms with Crippen molar-refractivity contribution < 1.29 is 0 Å². The quantitative estimate of drug-likeness (QED) is 0.182. The number of hydrogen-bond acceptors (Lipinski definition) is 0. The second-order valence-electron chi connectivity index (χ2n) is 14.4. The lowest BCUT2D eigenvalue weighted by Crippen LogP contribution is -2.28. The standard InChI is InChI=1S/C48H36N2/c1-10-27-48(28-11-1)42-19-6-2-15-36(42)37-25-23-33(30-43(37)48)32-13-12-14-34(29-32)50-46-22-9-5-18-40(46)41-26-24-35(31-47(41)50)49-44-20-7-3-16-38(44)39-17-4-8-21-45(39)49/h2-9,12-26,29-31H,1,10-11,27-28H2. The Morgan fingerprint density at radius 2 is 0.920 bits per heavy atom. The van der Waals surface area contributed by atoms with Gasteiger partial charge in [-0.25, -0.2) is 0 Å². The number of nitrogens with zero attached hydrogens (tertiary/aromatic N) is 2. The fraction of sp³-hybridized carbons (Fsp3) is 0.125. The van der Waals surface area contributed by atoms with Gasteiger partial charge in [0.25, 0.3) is 0 Å². The lowest BCUT2D eigenvalue weighted by atomic mass is 9.67. The molecule has 0 aliphatic heterocycles. The van der Waals surface area contributed by atoms with Crippen LogP contribution in [0.1, 0.15) is 43.2 Å². The van der Waals surface area contributed by atoms with Crippen LogP contribution in [0.4, 0.5) is 0 Å². The van der Waals surface area contributed by atoms with Gasteiger partial charge in [-0.15, -0.1) is 0 Å². The van der Waals surface area contributed by atoms with E-state index in [1.165, 1.54) is 115 Å². The normalized spacial score (nSPS) is 15.0. The van der Waals surface area contributed by atoms with Crippen LogP contribution in [0.15, 0.2) is 158 Å². The van der Waals surface area contributed by atoms with Crippen molar-refractivity contribution in [2.24, 2.45) is 0 Å². The number of aromatic nitrogens is 2. The van der Waals surface area contributed by atoms with Crippen molar-refractivity contribution in [1.82, 2.24) is 9.13 Å². The van der Waals surface area contributed by atoms with Crippen LogP contribution in [0.25, 0.3) is 77.2 Å². The van der Waals surface area contributed by atoms with Gasteiger partial charge in [0.2, 0.25) is 0 Å². The first-order chi connectivity index (χ1) is 24.8. The second kappa shape index (κ2) is 10.6. The summed E-state index contributed by atoms with van der Waals surface area (Å²) in [5.41, 5.74) is 15.9. The summed E-state index contributed by atoms with van der Waals surface area (Å²) in [5, 5.41) is 5.11. The molecule has 2 nitrogen and oxygen atoms in total. The molecule has 2 aromatic heterocycles. The lowest BCUT2D eigenvalue weighted by Gasteiger charge is -2.36. The Kier molecular flexibility index (Phi) is 5.92. The van der Waals surface area contributed by atoms with Crippen LogP contribution in [0.2, 0.25) is 0 Å². The minimum absolute atomic E-state index is 0.147. The van der Waals surface area contributed by atoms with Crippen LogP contribution in [0.3, 0.4) is 0 Å². The van der Waals surface area contributed by atoms with E-state index in [1.807, 2.05) is 0 Å². The zero-order valence-electron chi connectivity index (χ0n) is 27.9. The molecule has 0 N–H and O–H groups in total. The molecule has 1 fully saturated rings. The molecule has 0 unspecified atom stereocenters. The van der Waals surface area contributed by atoms with Crippen LogP contribution in [0, 0.1) is 0 Å². The predicted octanol–water partition coefficient (Wildman–Crippen LogP) is 12.8. The average Bonchev–Trinajstić information content (AvgIpc) is 3.79. The Morgan fingerprint density at radius 3 is 1.64 bits per heavy atom. The Labute approximate surface area is 291 Å². The Bertz CT molecular complexity index is 2750. The third-order valence-electron chi connectivity index (χ3n) is 11.9.